The van der Waals surface area contributed by atoms with Gasteiger partial charge >= 0.3 is 0 Å². The second kappa shape index (κ2) is 5.75. The number of hydrogen-bond donors (Lipinski definition) is 1. The Morgan fingerprint density at radius 1 is 1.25 bits per heavy atom. The number of nitrogens with one attached hydrogen (secondary N) is 1. The van der Waals surface area contributed by atoms with E-state index in [1.807, 2.05) is 6.07 Å². The molecule has 102 valence electrons. The molecule has 3 nitrogen and oxygen atoms in total. The summed E-state index contributed by atoms with van der Waals surface area (Å²) in [5.41, 5.74) is 3.19. The number of pyridine rings is 1. The van der Waals surface area contributed by atoms with Crippen molar-refractivity contribution in [3.8, 4) is 0 Å². The van der Waals surface area contributed by atoms with Crippen LogP contribution < -0.4 is 5.32 Å². The molecule has 1 aromatic heterocycles. The van der Waals surface area contributed by atoms with Gasteiger partial charge in [-0.15, -0.1) is 0 Å². The standard InChI is InChI=1S/C16H15BrN2O/c17-15-9-8-12(10-18-15)16(20)19-14-7-3-5-11-4-1-2-6-13(11)14/h1-2,4,6,8-10,14H,3,5,7H2,(H,19,20). The first-order chi connectivity index (χ1) is 9.74. The van der Waals surface area contributed by atoms with Crippen LogP contribution in [0.2, 0.25) is 0 Å². The summed E-state index contributed by atoms with van der Waals surface area (Å²) in [4.78, 5) is 16.4. The van der Waals surface area contributed by atoms with Gasteiger partial charge in [-0.25, -0.2) is 4.98 Å². The lowest BCUT2D eigenvalue weighted by molar-refractivity contribution is 0.0932. The number of amides is 1. The Bertz CT molecular complexity index is 625. The third kappa shape index (κ3) is 2.75. The summed E-state index contributed by atoms with van der Waals surface area (Å²) in [5, 5.41) is 3.12. The molecule has 1 aromatic carbocycles. The van der Waals surface area contributed by atoms with Crippen LogP contribution in [0, 0.1) is 0 Å². The highest BCUT2D eigenvalue weighted by Crippen LogP contribution is 2.29. The molecule has 4 heteroatoms. The number of benzene rings is 1. The zero-order valence-electron chi connectivity index (χ0n) is 11.0. The van der Waals surface area contributed by atoms with Crippen molar-refractivity contribution < 1.29 is 4.79 Å². The van der Waals surface area contributed by atoms with E-state index < -0.39 is 0 Å². The topological polar surface area (TPSA) is 42.0 Å². The highest BCUT2D eigenvalue weighted by molar-refractivity contribution is 9.10. The van der Waals surface area contributed by atoms with Gasteiger partial charge in [0.15, 0.2) is 0 Å². The van der Waals surface area contributed by atoms with Gasteiger partial charge in [0.2, 0.25) is 0 Å². The monoisotopic (exact) mass is 330 g/mol. The molecule has 0 bridgehead atoms. The summed E-state index contributed by atoms with van der Waals surface area (Å²) in [6.07, 6.45) is 4.80. The number of carbonyl (C=O) groups excluding carboxylic acids is 1. The van der Waals surface area contributed by atoms with Gasteiger partial charge in [0.1, 0.15) is 4.60 Å². The van der Waals surface area contributed by atoms with E-state index in [2.05, 4.69) is 44.4 Å². The predicted octanol–water partition coefficient (Wildman–Crippen LogP) is 3.65. The van der Waals surface area contributed by atoms with Crippen molar-refractivity contribution in [2.45, 2.75) is 25.3 Å². The van der Waals surface area contributed by atoms with Crippen molar-refractivity contribution in [3.63, 3.8) is 0 Å². The number of fused-ring (bicyclic) bond motifs is 1. The first kappa shape index (κ1) is 13.3. The Kier molecular flexibility index (Phi) is 3.83. The van der Waals surface area contributed by atoms with E-state index in [0.29, 0.717) is 5.56 Å². The second-order valence-electron chi connectivity index (χ2n) is 4.99. The fourth-order valence-electron chi connectivity index (χ4n) is 2.66. The molecule has 0 saturated heterocycles. The SMILES string of the molecule is O=C(NC1CCCc2ccccc21)c1ccc(Br)nc1. The number of rotatable bonds is 2. The summed E-state index contributed by atoms with van der Waals surface area (Å²) in [6.45, 7) is 0. The average molecular weight is 331 g/mol. The normalized spacial score (nSPS) is 17.4. The Hall–Kier alpha value is -1.68. The summed E-state index contributed by atoms with van der Waals surface area (Å²) >= 11 is 3.27. The first-order valence-corrected chi connectivity index (χ1v) is 7.53. The van der Waals surface area contributed by atoms with E-state index in [-0.39, 0.29) is 11.9 Å². The third-order valence-electron chi connectivity index (χ3n) is 3.66. The van der Waals surface area contributed by atoms with Crippen LogP contribution in [0.25, 0.3) is 0 Å². The van der Waals surface area contributed by atoms with Crippen LogP contribution >= 0.6 is 15.9 Å². The Morgan fingerprint density at radius 2 is 2.10 bits per heavy atom. The second-order valence-corrected chi connectivity index (χ2v) is 5.80. The van der Waals surface area contributed by atoms with Crippen LogP contribution in [0.4, 0.5) is 0 Å². The maximum absolute atomic E-state index is 12.3. The number of hydrogen-bond acceptors (Lipinski definition) is 2. The Labute approximate surface area is 126 Å². The van der Waals surface area contributed by atoms with E-state index in [1.54, 1.807) is 18.3 Å². The molecule has 1 amide bonds. The van der Waals surface area contributed by atoms with Crippen LogP contribution in [-0.2, 0) is 6.42 Å². The summed E-state index contributed by atoms with van der Waals surface area (Å²) in [6, 6.07) is 12.0. The third-order valence-corrected chi connectivity index (χ3v) is 4.13. The van der Waals surface area contributed by atoms with E-state index in [1.165, 1.54) is 11.1 Å². The van der Waals surface area contributed by atoms with Crippen LogP contribution in [0.3, 0.4) is 0 Å². The zero-order chi connectivity index (χ0) is 13.9. The van der Waals surface area contributed by atoms with Crippen LogP contribution in [0.1, 0.15) is 40.4 Å². The van der Waals surface area contributed by atoms with Crippen molar-refractivity contribution in [1.82, 2.24) is 10.3 Å². The summed E-state index contributed by atoms with van der Waals surface area (Å²) < 4.78 is 0.733. The molecule has 1 heterocycles. The van der Waals surface area contributed by atoms with Crippen LogP contribution in [0.5, 0.6) is 0 Å². The number of aromatic nitrogens is 1. The molecule has 0 radical (unpaired) electrons. The van der Waals surface area contributed by atoms with E-state index in [0.717, 1.165) is 23.9 Å². The maximum Gasteiger partial charge on any atom is 0.253 e. The molecule has 1 unspecified atom stereocenters. The highest BCUT2D eigenvalue weighted by Gasteiger charge is 2.21. The van der Waals surface area contributed by atoms with E-state index >= 15 is 0 Å². The number of carbonyl (C=O) groups is 1. The van der Waals surface area contributed by atoms with Gasteiger partial charge in [-0.05, 0) is 58.5 Å². The van der Waals surface area contributed by atoms with Crippen molar-refractivity contribution in [2.24, 2.45) is 0 Å². The maximum atomic E-state index is 12.3. The van der Waals surface area contributed by atoms with E-state index in [4.69, 9.17) is 0 Å². The minimum Gasteiger partial charge on any atom is -0.345 e. The molecule has 1 atom stereocenters. The van der Waals surface area contributed by atoms with Gasteiger partial charge in [-0.3, -0.25) is 4.79 Å². The fraction of sp³-hybridized carbons (Fsp3) is 0.250. The van der Waals surface area contributed by atoms with Gasteiger partial charge in [-0.2, -0.15) is 0 Å². The number of halogens is 1. The molecule has 1 aliphatic carbocycles. The quantitative estimate of drug-likeness (QED) is 0.854. The van der Waals surface area contributed by atoms with Gasteiger partial charge in [0, 0.05) is 6.20 Å². The molecule has 20 heavy (non-hydrogen) atoms. The van der Waals surface area contributed by atoms with Crippen molar-refractivity contribution in [2.75, 3.05) is 0 Å². The average Bonchev–Trinajstić information content (AvgIpc) is 2.48. The molecule has 3 rings (SSSR count). The molecule has 2 aromatic rings. The molecule has 0 aliphatic heterocycles. The molecule has 0 saturated carbocycles. The minimum absolute atomic E-state index is 0.0632. The molecule has 1 aliphatic rings. The van der Waals surface area contributed by atoms with Gasteiger partial charge < -0.3 is 5.32 Å². The molecule has 0 spiro atoms. The lowest BCUT2D eigenvalue weighted by Gasteiger charge is -2.26. The lowest BCUT2D eigenvalue weighted by atomic mass is 9.87. The van der Waals surface area contributed by atoms with Crippen molar-refractivity contribution in [1.29, 1.82) is 0 Å². The molecular weight excluding hydrogens is 316 g/mol. The van der Waals surface area contributed by atoms with Gasteiger partial charge in [0.05, 0.1) is 11.6 Å². The van der Waals surface area contributed by atoms with Crippen LogP contribution in [0.15, 0.2) is 47.2 Å². The molecule has 0 fully saturated rings. The fourth-order valence-corrected chi connectivity index (χ4v) is 2.89. The smallest absolute Gasteiger partial charge is 0.253 e. The Morgan fingerprint density at radius 3 is 2.90 bits per heavy atom. The van der Waals surface area contributed by atoms with Gasteiger partial charge in [-0.1, -0.05) is 24.3 Å². The van der Waals surface area contributed by atoms with Crippen molar-refractivity contribution >= 4 is 21.8 Å². The molecule has 1 N–H and O–H groups in total. The zero-order valence-corrected chi connectivity index (χ0v) is 12.6. The lowest BCUT2D eigenvalue weighted by Crippen LogP contribution is -2.31. The van der Waals surface area contributed by atoms with E-state index in [9.17, 15) is 4.79 Å². The number of aryl methyl sites for hydroxylation is 1. The minimum atomic E-state index is -0.0632. The summed E-state index contributed by atoms with van der Waals surface area (Å²) in [5.74, 6) is -0.0632. The first-order valence-electron chi connectivity index (χ1n) is 6.74. The number of nitrogens with zero attached hydrogens (tertiary/aromatic N) is 1. The predicted molar refractivity (Wildman–Crippen MR) is 81.5 cm³/mol. The van der Waals surface area contributed by atoms with Crippen molar-refractivity contribution in [3.05, 3.63) is 63.9 Å². The Balaban J connectivity index is 1.79. The largest absolute Gasteiger partial charge is 0.345 e. The molecular formula is C16H15BrN2O. The summed E-state index contributed by atoms with van der Waals surface area (Å²) in [7, 11) is 0. The van der Waals surface area contributed by atoms with Gasteiger partial charge in [0.25, 0.3) is 5.91 Å². The van der Waals surface area contributed by atoms with Crippen LogP contribution in [-0.4, -0.2) is 10.9 Å². The highest BCUT2D eigenvalue weighted by atomic mass is 79.9.